The lowest BCUT2D eigenvalue weighted by molar-refractivity contribution is 1.28. The zero-order valence-corrected chi connectivity index (χ0v) is 33.1. The number of hydrogen-bond acceptors (Lipinski definition) is 4. The molecule has 11 rings (SSSR count). The van der Waals surface area contributed by atoms with Gasteiger partial charge in [0.1, 0.15) is 0 Å². The van der Waals surface area contributed by atoms with E-state index in [4.69, 9.17) is 0 Å². The first-order valence-electron chi connectivity index (χ1n) is 19.6. The summed E-state index contributed by atoms with van der Waals surface area (Å²) in [6.07, 6.45) is 0. The van der Waals surface area contributed by atoms with Crippen LogP contribution in [0.1, 0.15) is 0 Å². The molecule has 0 aliphatic carbocycles. The Bertz CT molecular complexity index is 3200. The number of benzene rings is 9. The van der Waals surface area contributed by atoms with Gasteiger partial charge in [-0.3, -0.25) is 0 Å². The molecule has 4 heteroatoms. The van der Waals surface area contributed by atoms with Crippen LogP contribution in [0.25, 0.3) is 62.6 Å². The van der Waals surface area contributed by atoms with Crippen molar-refractivity contribution in [3.8, 4) is 22.3 Å². The minimum Gasteiger partial charge on any atom is -0.311 e. The number of nitrogens with zero attached hydrogens (tertiary/aromatic N) is 2. The quantitative estimate of drug-likeness (QED) is 0.152. The second kappa shape index (κ2) is 14.5. The van der Waals surface area contributed by atoms with Crippen molar-refractivity contribution in [3.05, 3.63) is 218 Å². The largest absolute Gasteiger partial charge is 0.311 e. The average molecular weight is 777 g/mol. The van der Waals surface area contributed by atoms with Gasteiger partial charge in [0.25, 0.3) is 0 Å². The Morgan fingerprint density at radius 1 is 0.224 bits per heavy atom. The van der Waals surface area contributed by atoms with Crippen LogP contribution in [-0.4, -0.2) is 0 Å². The van der Waals surface area contributed by atoms with E-state index in [0.717, 1.165) is 34.1 Å². The SMILES string of the molecule is c1ccc(N(c2ccc(-c3ccc(N(c4ccccc4)c4ccc5c(c4)sc4ccccc45)cc3)cc2)c2ccc(-c3ccc4sc5ccccc5c4c3)cc2)cc1. The van der Waals surface area contributed by atoms with Crippen LogP contribution >= 0.6 is 22.7 Å². The van der Waals surface area contributed by atoms with Crippen LogP contribution in [0.2, 0.25) is 0 Å². The normalized spacial score (nSPS) is 11.4. The molecule has 0 aliphatic rings. The summed E-state index contributed by atoms with van der Waals surface area (Å²) in [4.78, 5) is 4.68. The summed E-state index contributed by atoms with van der Waals surface area (Å²) in [5, 5.41) is 5.27. The fourth-order valence-electron chi connectivity index (χ4n) is 8.22. The van der Waals surface area contributed by atoms with Gasteiger partial charge in [-0.15, -0.1) is 22.7 Å². The van der Waals surface area contributed by atoms with E-state index in [-0.39, 0.29) is 0 Å². The molecular weight excluding hydrogens is 741 g/mol. The first kappa shape index (κ1) is 34.3. The molecule has 0 aliphatic heterocycles. The van der Waals surface area contributed by atoms with Gasteiger partial charge in [-0.05, 0) is 119 Å². The van der Waals surface area contributed by atoms with Crippen LogP contribution in [0.4, 0.5) is 34.1 Å². The molecule has 0 amide bonds. The molecule has 0 fully saturated rings. The molecule has 0 atom stereocenters. The summed E-state index contributed by atoms with van der Waals surface area (Å²) in [6.45, 7) is 0. The lowest BCUT2D eigenvalue weighted by Gasteiger charge is -2.26. The van der Waals surface area contributed by atoms with Crippen molar-refractivity contribution in [1.82, 2.24) is 0 Å². The van der Waals surface area contributed by atoms with Crippen LogP contribution in [0.15, 0.2) is 218 Å². The minimum absolute atomic E-state index is 1.11. The highest BCUT2D eigenvalue weighted by molar-refractivity contribution is 7.26. The Balaban J connectivity index is 0.894. The summed E-state index contributed by atoms with van der Waals surface area (Å²) in [5.74, 6) is 0. The van der Waals surface area contributed by atoms with Gasteiger partial charge in [0, 0.05) is 74.5 Å². The van der Waals surface area contributed by atoms with E-state index in [1.165, 1.54) is 62.6 Å². The van der Waals surface area contributed by atoms with Gasteiger partial charge in [0.05, 0.1) is 0 Å². The molecule has 0 saturated heterocycles. The van der Waals surface area contributed by atoms with Crippen molar-refractivity contribution in [3.63, 3.8) is 0 Å². The van der Waals surface area contributed by atoms with Gasteiger partial charge in [0.2, 0.25) is 0 Å². The Morgan fingerprint density at radius 2 is 0.586 bits per heavy atom. The van der Waals surface area contributed by atoms with Crippen LogP contribution in [0.5, 0.6) is 0 Å². The summed E-state index contributed by atoms with van der Waals surface area (Å²) in [5.41, 5.74) is 11.5. The molecule has 2 heterocycles. The molecule has 2 aromatic heterocycles. The summed E-state index contributed by atoms with van der Waals surface area (Å²) in [6, 6.07) is 79.2. The van der Waals surface area contributed by atoms with E-state index in [1.54, 1.807) is 0 Å². The van der Waals surface area contributed by atoms with E-state index in [2.05, 4.69) is 228 Å². The smallest absolute Gasteiger partial charge is 0.0476 e. The van der Waals surface area contributed by atoms with Crippen LogP contribution in [-0.2, 0) is 0 Å². The van der Waals surface area contributed by atoms with E-state index in [0.29, 0.717) is 0 Å². The molecule has 0 spiro atoms. The fraction of sp³-hybridized carbons (Fsp3) is 0. The molecule has 0 unspecified atom stereocenters. The fourth-order valence-corrected chi connectivity index (χ4v) is 10.4. The van der Waals surface area contributed by atoms with Gasteiger partial charge < -0.3 is 9.80 Å². The molecule has 274 valence electrons. The maximum Gasteiger partial charge on any atom is 0.0476 e. The molecular formula is C54H36N2S2. The predicted octanol–water partition coefficient (Wildman–Crippen LogP) is 16.7. The first-order chi connectivity index (χ1) is 28.7. The number of hydrogen-bond donors (Lipinski definition) is 0. The number of anilines is 6. The third kappa shape index (κ3) is 6.20. The molecule has 0 saturated carbocycles. The second-order valence-corrected chi connectivity index (χ2v) is 16.7. The van der Waals surface area contributed by atoms with Crippen molar-refractivity contribution in [2.24, 2.45) is 0 Å². The topological polar surface area (TPSA) is 6.48 Å². The molecule has 0 N–H and O–H groups in total. The summed E-state index contributed by atoms with van der Waals surface area (Å²) in [7, 11) is 0. The van der Waals surface area contributed by atoms with E-state index in [9.17, 15) is 0 Å². The highest BCUT2D eigenvalue weighted by Crippen LogP contribution is 2.42. The van der Waals surface area contributed by atoms with Gasteiger partial charge in [-0.1, -0.05) is 121 Å². The molecule has 58 heavy (non-hydrogen) atoms. The number of para-hydroxylation sites is 2. The van der Waals surface area contributed by atoms with Gasteiger partial charge >= 0.3 is 0 Å². The minimum atomic E-state index is 1.11. The standard InChI is InChI=1S/C54H36N2S2/c1-3-11-41(12-4-1)55(44-30-23-39(24-31-44)40-25-34-53-50(35-40)48-16-8-10-18-52(48)57-53)43-26-19-37(20-27-43)38-21-28-45(29-22-38)56(42-13-5-2-6-14-42)46-32-33-49-47-15-7-9-17-51(47)58-54(49)36-46/h1-36H. The Kier molecular flexibility index (Phi) is 8.58. The molecule has 0 bridgehead atoms. The van der Waals surface area contributed by atoms with Gasteiger partial charge in [0.15, 0.2) is 0 Å². The Morgan fingerprint density at radius 3 is 1.14 bits per heavy atom. The van der Waals surface area contributed by atoms with Gasteiger partial charge in [-0.25, -0.2) is 0 Å². The number of thiophene rings is 2. The van der Waals surface area contributed by atoms with Crippen molar-refractivity contribution in [1.29, 1.82) is 0 Å². The zero-order valence-electron chi connectivity index (χ0n) is 31.5. The molecule has 11 aromatic rings. The average Bonchev–Trinajstić information content (AvgIpc) is 3.86. The number of fused-ring (bicyclic) bond motifs is 6. The monoisotopic (exact) mass is 776 g/mol. The summed E-state index contributed by atoms with van der Waals surface area (Å²) >= 11 is 3.71. The molecule has 2 nitrogen and oxygen atoms in total. The van der Waals surface area contributed by atoms with Crippen molar-refractivity contribution in [2.75, 3.05) is 9.80 Å². The van der Waals surface area contributed by atoms with Gasteiger partial charge in [-0.2, -0.15) is 0 Å². The lowest BCUT2D eigenvalue weighted by atomic mass is 10.0. The third-order valence-electron chi connectivity index (χ3n) is 11.1. The first-order valence-corrected chi connectivity index (χ1v) is 21.2. The maximum absolute atomic E-state index is 2.35. The van der Waals surface area contributed by atoms with Crippen LogP contribution in [0.3, 0.4) is 0 Å². The zero-order chi connectivity index (χ0) is 38.4. The van der Waals surface area contributed by atoms with E-state index >= 15 is 0 Å². The van der Waals surface area contributed by atoms with Crippen molar-refractivity contribution in [2.45, 2.75) is 0 Å². The molecule has 0 radical (unpaired) electrons. The van der Waals surface area contributed by atoms with E-state index in [1.807, 2.05) is 22.7 Å². The highest BCUT2D eigenvalue weighted by Gasteiger charge is 2.17. The van der Waals surface area contributed by atoms with Crippen molar-refractivity contribution >= 4 is 97.1 Å². The van der Waals surface area contributed by atoms with E-state index < -0.39 is 0 Å². The lowest BCUT2D eigenvalue weighted by Crippen LogP contribution is -2.10. The summed E-state index contributed by atoms with van der Waals surface area (Å²) < 4.78 is 5.27. The Hall–Kier alpha value is -6.98. The van der Waals surface area contributed by atoms with Crippen LogP contribution in [0, 0.1) is 0 Å². The predicted molar refractivity (Wildman–Crippen MR) is 252 cm³/mol. The molecule has 9 aromatic carbocycles. The number of rotatable bonds is 8. The maximum atomic E-state index is 2.35. The van der Waals surface area contributed by atoms with Crippen molar-refractivity contribution < 1.29 is 0 Å². The highest BCUT2D eigenvalue weighted by atomic mass is 32.1. The van der Waals surface area contributed by atoms with Crippen LogP contribution < -0.4 is 9.80 Å². The second-order valence-electron chi connectivity index (χ2n) is 14.6. The Labute approximate surface area is 345 Å². The third-order valence-corrected chi connectivity index (χ3v) is 13.4.